The first-order valence-electron chi connectivity index (χ1n) is 8.02. The largest absolute Gasteiger partial charge is 0.508 e. The molecule has 1 amide bonds. The van der Waals surface area contributed by atoms with E-state index in [9.17, 15) is 9.90 Å². The average Bonchev–Trinajstić information content (AvgIpc) is 2.96. The Hall–Kier alpha value is -1.59. The highest BCUT2D eigenvalue weighted by Crippen LogP contribution is 2.23. The highest BCUT2D eigenvalue weighted by molar-refractivity contribution is 5.96. The van der Waals surface area contributed by atoms with Crippen molar-refractivity contribution in [3.63, 3.8) is 0 Å². The third kappa shape index (κ3) is 3.42. The SMILES string of the molecule is Cc1cc(O)ccc1C(=O)N1CCC(CN2CCOCC2)C1. The van der Waals surface area contributed by atoms with Gasteiger partial charge >= 0.3 is 0 Å². The molecule has 5 nitrogen and oxygen atoms in total. The zero-order chi connectivity index (χ0) is 15.5. The Labute approximate surface area is 131 Å². The molecule has 2 aliphatic heterocycles. The molecule has 2 aliphatic rings. The molecule has 0 radical (unpaired) electrons. The molecule has 120 valence electrons. The van der Waals surface area contributed by atoms with Crippen LogP contribution in [-0.2, 0) is 4.74 Å². The molecule has 2 saturated heterocycles. The molecule has 0 spiro atoms. The number of likely N-dealkylation sites (tertiary alicyclic amines) is 1. The molecule has 0 aliphatic carbocycles. The average molecular weight is 304 g/mol. The molecule has 5 heteroatoms. The molecule has 0 bridgehead atoms. The van der Waals surface area contributed by atoms with Crippen molar-refractivity contribution in [1.82, 2.24) is 9.80 Å². The molecule has 1 unspecified atom stereocenters. The third-order valence-electron chi connectivity index (χ3n) is 4.63. The van der Waals surface area contributed by atoms with Crippen LogP contribution in [0.25, 0.3) is 0 Å². The Bertz CT molecular complexity index is 541. The number of aromatic hydroxyl groups is 1. The van der Waals surface area contributed by atoms with Crippen LogP contribution in [0.15, 0.2) is 18.2 Å². The van der Waals surface area contributed by atoms with Gasteiger partial charge in [-0.1, -0.05) is 0 Å². The highest BCUT2D eigenvalue weighted by atomic mass is 16.5. The second-order valence-electron chi connectivity index (χ2n) is 6.32. The van der Waals surface area contributed by atoms with E-state index in [0.717, 1.165) is 57.9 Å². The Kier molecular flexibility index (Phi) is 4.64. The summed E-state index contributed by atoms with van der Waals surface area (Å²) in [5.74, 6) is 0.849. The molecule has 2 fully saturated rings. The van der Waals surface area contributed by atoms with E-state index in [-0.39, 0.29) is 11.7 Å². The Morgan fingerprint density at radius 2 is 2.09 bits per heavy atom. The predicted molar refractivity (Wildman–Crippen MR) is 84.1 cm³/mol. The van der Waals surface area contributed by atoms with E-state index < -0.39 is 0 Å². The maximum atomic E-state index is 12.6. The van der Waals surface area contributed by atoms with Gasteiger partial charge < -0.3 is 14.7 Å². The summed E-state index contributed by atoms with van der Waals surface area (Å²) in [6.45, 7) is 8.23. The van der Waals surface area contributed by atoms with Crippen LogP contribution in [0.2, 0.25) is 0 Å². The van der Waals surface area contributed by atoms with E-state index in [1.807, 2.05) is 11.8 Å². The van der Waals surface area contributed by atoms with Gasteiger partial charge in [-0.15, -0.1) is 0 Å². The Morgan fingerprint density at radius 3 is 2.82 bits per heavy atom. The third-order valence-corrected chi connectivity index (χ3v) is 4.63. The number of nitrogens with zero attached hydrogens (tertiary/aromatic N) is 2. The molecule has 1 aromatic rings. The first-order valence-corrected chi connectivity index (χ1v) is 8.02. The number of ether oxygens (including phenoxy) is 1. The topological polar surface area (TPSA) is 53.0 Å². The van der Waals surface area contributed by atoms with E-state index >= 15 is 0 Å². The minimum Gasteiger partial charge on any atom is -0.508 e. The maximum Gasteiger partial charge on any atom is 0.254 e. The lowest BCUT2D eigenvalue weighted by atomic mass is 10.1. The summed E-state index contributed by atoms with van der Waals surface area (Å²) in [6.07, 6.45) is 1.07. The lowest BCUT2D eigenvalue weighted by Gasteiger charge is -2.29. The number of carbonyl (C=O) groups excluding carboxylic acids is 1. The zero-order valence-corrected chi connectivity index (χ0v) is 13.1. The van der Waals surface area contributed by atoms with Gasteiger partial charge in [0.25, 0.3) is 5.91 Å². The van der Waals surface area contributed by atoms with Gasteiger partial charge in [0.1, 0.15) is 5.75 Å². The summed E-state index contributed by atoms with van der Waals surface area (Å²) in [5.41, 5.74) is 1.53. The van der Waals surface area contributed by atoms with Crippen molar-refractivity contribution in [3.05, 3.63) is 29.3 Å². The minimum atomic E-state index is 0.0852. The number of hydrogen-bond acceptors (Lipinski definition) is 4. The van der Waals surface area contributed by atoms with Crippen LogP contribution < -0.4 is 0 Å². The molecule has 1 aromatic carbocycles. The van der Waals surface area contributed by atoms with Crippen LogP contribution >= 0.6 is 0 Å². The van der Waals surface area contributed by atoms with Crippen molar-refractivity contribution in [2.75, 3.05) is 45.9 Å². The van der Waals surface area contributed by atoms with Crippen LogP contribution in [0, 0.1) is 12.8 Å². The Balaban J connectivity index is 1.58. The monoisotopic (exact) mass is 304 g/mol. The molecule has 1 atom stereocenters. The van der Waals surface area contributed by atoms with Gasteiger partial charge in [0.15, 0.2) is 0 Å². The second kappa shape index (κ2) is 6.67. The summed E-state index contributed by atoms with van der Waals surface area (Å²) in [5, 5.41) is 9.47. The molecular formula is C17H24N2O3. The van der Waals surface area contributed by atoms with Gasteiger partial charge in [0.05, 0.1) is 13.2 Å². The van der Waals surface area contributed by atoms with E-state index in [2.05, 4.69) is 4.90 Å². The van der Waals surface area contributed by atoms with Crippen molar-refractivity contribution in [2.24, 2.45) is 5.92 Å². The fourth-order valence-electron chi connectivity index (χ4n) is 3.37. The van der Waals surface area contributed by atoms with Gasteiger partial charge in [-0.05, 0) is 43.0 Å². The lowest BCUT2D eigenvalue weighted by Crippen LogP contribution is -2.40. The van der Waals surface area contributed by atoms with Crippen molar-refractivity contribution in [1.29, 1.82) is 0 Å². The molecule has 1 N–H and O–H groups in total. The minimum absolute atomic E-state index is 0.0852. The normalized spacial score (nSPS) is 23.0. The first kappa shape index (κ1) is 15.3. The highest BCUT2D eigenvalue weighted by Gasteiger charge is 2.29. The van der Waals surface area contributed by atoms with Crippen LogP contribution in [0.5, 0.6) is 5.75 Å². The summed E-state index contributed by atoms with van der Waals surface area (Å²) in [4.78, 5) is 17.0. The second-order valence-corrected chi connectivity index (χ2v) is 6.32. The van der Waals surface area contributed by atoms with Crippen LogP contribution in [-0.4, -0.2) is 66.8 Å². The number of hydrogen-bond donors (Lipinski definition) is 1. The van der Waals surface area contributed by atoms with Crippen LogP contribution in [0.3, 0.4) is 0 Å². The van der Waals surface area contributed by atoms with Crippen molar-refractivity contribution in [2.45, 2.75) is 13.3 Å². The molecule has 22 heavy (non-hydrogen) atoms. The van der Waals surface area contributed by atoms with E-state index in [1.165, 1.54) is 0 Å². The summed E-state index contributed by atoms with van der Waals surface area (Å²) < 4.78 is 5.38. The lowest BCUT2D eigenvalue weighted by molar-refractivity contribution is 0.0310. The van der Waals surface area contributed by atoms with Crippen molar-refractivity contribution >= 4 is 5.91 Å². The molecule has 2 heterocycles. The molecule has 0 saturated carbocycles. The number of rotatable bonds is 3. The number of morpholine rings is 1. The number of benzene rings is 1. The predicted octanol–water partition coefficient (Wildman–Crippen LogP) is 1.49. The number of amides is 1. The first-order chi connectivity index (χ1) is 10.6. The van der Waals surface area contributed by atoms with Gasteiger partial charge in [-0.3, -0.25) is 9.69 Å². The van der Waals surface area contributed by atoms with Gasteiger partial charge in [-0.2, -0.15) is 0 Å². The summed E-state index contributed by atoms with van der Waals surface area (Å²) in [7, 11) is 0. The fourth-order valence-corrected chi connectivity index (χ4v) is 3.37. The van der Waals surface area contributed by atoms with E-state index in [1.54, 1.807) is 18.2 Å². The fraction of sp³-hybridized carbons (Fsp3) is 0.588. The van der Waals surface area contributed by atoms with Crippen molar-refractivity contribution in [3.8, 4) is 5.75 Å². The molecular weight excluding hydrogens is 280 g/mol. The quantitative estimate of drug-likeness (QED) is 0.919. The number of phenols is 1. The molecule has 0 aromatic heterocycles. The van der Waals surface area contributed by atoms with E-state index in [0.29, 0.717) is 11.5 Å². The number of phenolic OH excluding ortho intramolecular Hbond substituents is 1. The number of carbonyl (C=O) groups is 1. The molecule has 3 rings (SSSR count). The van der Waals surface area contributed by atoms with Crippen LogP contribution in [0.4, 0.5) is 0 Å². The Morgan fingerprint density at radius 1 is 1.32 bits per heavy atom. The van der Waals surface area contributed by atoms with Crippen molar-refractivity contribution < 1.29 is 14.6 Å². The van der Waals surface area contributed by atoms with Gasteiger partial charge in [0.2, 0.25) is 0 Å². The number of aryl methyl sites for hydroxylation is 1. The smallest absolute Gasteiger partial charge is 0.254 e. The maximum absolute atomic E-state index is 12.6. The van der Waals surface area contributed by atoms with Gasteiger partial charge in [-0.25, -0.2) is 0 Å². The summed E-state index contributed by atoms with van der Waals surface area (Å²) in [6, 6.07) is 4.96. The summed E-state index contributed by atoms with van der Waals surface area (Å²) >= 11 is 0. The van der Waals surface area contributed by atoms with Crippen LogP contribution in [0.1, 0.15) is 22.3 Å². The standard InChI is InChI=1S/C17H24N2O3/c1-13-10-15(20)2-3-16(13)17(21)19-5-4-14(12-19)11-18-6-8-22-9-7-18/h2-3,10,14,20H,4-9,11-12H2,1H3. The zero-order valence-electron chi connectivity index (χ0n) is 13.1. The van der Waals surface area contributed by atoms with Gasteiger partial charge in [0, 0.05) is 38.3 Å². The van der Waals surface area contributed by atoms with E-state index in [4.69, 9.17) is 4.74 Å².